The van der Waals surface area contributed by atoms with E-state index >= 15 is 0 Å². The first-order valence-electron chi connectivity index (χ1n) is 49.6. The van der Waals surface area contributed by atoms with E-state index in [0.29, 0.717) is 0 Å². The van der Waals surface area contributed by atoms with Crippen LogP contribution < -0.4 is 30.5 Å². The fourth-order valence-corrected chi connectivity index (χ4v) is 23.9. The summed E-state index contributed by atoms with van der Waals surface area (Å²) in [5.74, 6) is 0. The lowest BCUT2D eigenvalue weighted by Crippen LogP contribution is -2.74. The minimum Gasteiger partial charge on any atom is -0.310 e. The van der Waals surface area contributed by atoms with Crippen LogP contribution in [-0.4, -0.2) is 8.07 Å². The minimum atomic E-state index is -2.37. The quantitative estimate of drug-likeness (QED) is 0.0230. The molecule has 0 saturated carbocycles. The fraction of sp³-hybridized carbons (Fsp3) is 0.221. The van der Waals surface area contributed by atoms with E-state index in [-0.39, 0.29) is 0 Å². The molecule has 0 unspecified atom stereocenters. The van der Waals surface area contributed by atoms with Crippen LogP contribution in [0.25, 0.3) is 77.9 Å². The van der Waals surface area contributed by atoms with Crippen molar-refractivity contribution < 1.29 is 0 Å². The number of hydrogen-bond acceptors (Lipinski definition) is 2. The average Bonchev–Trinajstić information content (AvgIpc) is 0.730. The third kappa shape index (κ3) is 23.6. The van der Waals surface area contributed by atoms with Crippen LogP contribution in [0.2, 0.25) is 0 Å². The van der Waals surface area contributed by atoms with E-state index in [4.69, 9.17) is 0 Å². The third-order valence-corrected chi connectivity index (χ3v) is 31.7. The Kier molecular flexibility index (Phi) is 32.9. The van der Waals surface area contributed by atoms with Gasteiger partial charge < -0.3 is 9.80 Å². The minimum absolute atomic E-state index is 1.04. The molecule has 0 bridgehead atoms. The summed E-state index contributed by atoms with van der Waals surface area (Å²) in [5.41, 5.74) is 42.0. The van der Waals surface area contributed by atoms with Crippen LogP contribution in [-0.2, 0) is 32.1 Å². The first-order valence-corrected chi connectivity index (χ1v) is 51.6. The van der Waals surface area contributed by atoms with Crippen LogP contribution in [0.4, 0.5) is 34.1 Å². The van der Waals surface area contributed by atoms with Gasteiger partial charge in [-0.05, 0) is 311 Å². The molecule has 0 amide bonds. The van der Waals surface area contributed by atoms with Gasteiger partial charge in [0.1, 0.15) is 0 Å². The van der Waals surface area contributed by atoms with E-state index in [9.17, 15) is 0 Å². The predicted molar refractivity (Wildman–Crippen MR) is 586 cm³/mol. The topological polar surface area (TPSA) is 6.48 Å². The van der Waals surface area contributed by atoms with Gasteiger partial charge in [-0.1, -0.05) is 447 Å². The van der Waals surface area contributed by atoms with Gasteiger partial charge >= 0.3 is 0 Å². The number of benzene rings is 17. The highest BCUT2D eigenvalue weighted by Gasteiger charge is 2.41. The first-order chi connectivity index (χ1) is 65.5. The molecule has 0 aliphatic carbocycles. The Balaban J connectivity index is 0.000000251. The molecule has 0 spiro atoms. The van der Waals surface area contributed by atoms with Crippen LogP contribution in [0.1, 0.15) is 178 Å². The zero-order valence-electron chi connectivity index (χ0n) is 81.7. The predicted octanol–water partition coefficient (Wildman–Crippen LogP) is 34.6. The van der Waals surface area contributed by atoms with Crippen LogP contribution in [0.5, 0.6) is 0 Å². The second-order valence-electron chi connectivity index (χ2n) is 37.3. The Labute approximate surface area is 804 Å². The molecule has 134 heavy (non-hydrogen) atoms. The molecule has 0 N–H and O–H groups in total. The molecule has 674 valence electrons. The molecule has 0 aliphatic heterocycles. The summed E-state index contributed by atoms with van der Waals surface area (Å²) in [6.45, 7) is 28.9. The molecule has 0 atom stereocenters. The van der Waals surface area contributed by atoms with Crippen molar-refractivity contribution in [3.8, 4) is 77.9 Å². The van der Waals surface area contributed by atoms with Crippen molar-refractivity contribution in [3.05, 3.63) is 467 Å². The Morgan fingerprint density at radius 3 is 0.642 bits per heavy atom. The highest BCUT2D eigenvalue weighted by atomic mass is 28.3. The Bertz CT molecular complexity index is 6170. The number of hydrogen-bond donors (Lipinski definition) is 0. The van der Waals surface area contributed by atoms with Gasteiger partial charge in [-0.15, -0.1) is 0 Å². The molecule has 2 nitrogen and oxygen atoms in total. The zero-order valence-corrected chi connectivity index (χ0v) is 82.7. The summed E-state index contributed by atoms with van der Waals surface area (Å²) in [4.78, 5) is 4.88. The maximum Gasteiger partial charge on any atom is 0.179 e. The van der Waals surface area contributed by atoms with Crippen LogP contribution >= 0.6 is 0 Å². The van der Waals surface area contributed by atoms with Crippen LogP contribution in [0, 0.1) is 55.4 Å². The Morgan fingerprint density at radius 2 is 0.403 bits per heavy atom. The molecule has 0 radical (unpaired) electrons. The van der Waals surface area contributed by atoms with Crippen molar-refractivity contribution in [2.45, 2.75) is 193 Å². The number of unbranched alkanes of at least 4 members (excludes halogenated alkanes) is 6. The molecule has 0 heterocycles. The highest BCUT2D eigenvalue weighted by Crippen LogP contribution is 2.45. The van der Waals surface area contributed by atoms with Gasteiger partial charge in [0.2, 0.25) is 0 Å². The lowest BCUT2D eigenvalue weighted by atomic mass is 9.84. The van der Waals surface area contributed by atoms with E-state index in [1.807, 2.05) is 0 Å². The Morgan fingerprint density at radius 1 is 0.179 bits per heavy atom. The van der Waals surface area contributed by atoms with E-state index in [2.05, 4.69) is 494 Å². The summed E-state index contributed by atoms with van der Waals surface area (Å²) < 4.78 is 0. The molecule has 17 rings (SSSR count). The van der Waals surface area contributed by atoms with Crippen molar-refractivity contribution in [1.29, 1.82) is 0 Å². The second-order valence-corrected chi connectivity index (χ2v) is 41.1. The summed E-state index contributed by atoms with van der Waals surface area (Å²) in [5, 5.41) is 5.71. The Hall–Kier alpha value is -13.4. The normalized spacial score (nSPS) is 11.2. The van der Waals surface area contributed by atoms with Gasteiger partial charge in [0.15, 0.2) is 8.07 Å². The van der Waals surface area contributed by atoms with Gasteiger partial charge in [0.05, 0.1) is 0 Å². The van der Waals surface area contributed by atoms with Crippen LogP contribution in [0.3, 0.4) is 0 Å². The van der Waals surface area contributed by atoms with Gasteiger partial charge in [-0.3, -0.25) is 0 Å². The first kappa shape index (κ1) is 95.2. The smallest absolute Gasteiger partial charge is 0.179 e. The molecule has 3 heteroatoms. The SMILES string of the molecule is CCCCCCc1cc(-c2ccc(N(c3ccc(-c4ccc(C)cc4)cc3)c3ccc(-c4ccc(CCC)cc4)cc3)cc2C)c(CCCCCC)cc1-c1ccc(N(c2ccc(-c3ccc(C)cc3)cc2)c2ccc(-c3ccc(CCC)cc3)cc2)cc1C.CCCc1ccc(-c2ccc(C)cc2)cc1.Cc1ccc([Si](c2ccccc2)(c2ccc(C)cc2)c2ccc(C)cc2)cc1. The van der Waals surface area contributed by atoms with Gasteiger partial charge in [0, 0.05) is 34.1 Å². The molecule has 0 saturated heterocycles. The van der Waals surface area contributed by atoms with Gasteiger partial charge in [-0.25, -0.2) is 0 Å². The highest BCUT2D eigenvalue weighted by molar-refractivity contribution is 7.19. The monoisotopic (exact) mass is 1770 g/mol. The van der Waals surface area contributed by atoms with Crippen molar-refractivity contribution in [3.63, 3.8) is 0 Å². The lowest BCUT2D eigenvalue weighted by molar-refractivity contribution is 0.664. The van der Waals surface area contributed by atoms with Gasteiger partial charge in [-0.2, -0.15) is 0 Å². The number of anilines is 6. The molecule has 17 aromatic rings. The molecule has 0 aromatic heterocycles. The molecule has 17 aromatic carbocycles. The standard InChI is InChI=1S/C88H92N2.C27H26Si.C16H18/c1-9-13-15-17-21-77-61-88(86-58-56-84(60-66(86)8)90(80-49-41-74(42-50-80)70-33-25-64(6)26-34-70)82-53-45-76(46-54-82)72-37-29-68(20-12-4)30-38-72)78(22-18-16-14-10-2)62-87(77)85-57-55-83(59-65(85)7)89(79-47-39-73(40-48-79)69-31-23-63(5)24-32-69)81-51-43-75(44-52-81)71-35-27-67(19-11-3)28-36-71;1-21-9-15-25(16-10-21)28(24-7-5-4-6-8-24,26-17-11-22(2)12-18-26)27-19-13-23(3)14-20-27;1-3-4-14-7-11-16(12-8-14)15-9-5-13(2)6-10-15/h23-62H,9-22H2,1-8H3;4-20H,1-3H3;5-12H,3-4H2,1-2H3. The maximum atomic E-state index is 2.61. The average molecular weight is 1770 g/mol. The number of aryl methyl sites for hydroxylation is 13. The summed E-state index contributed by atoms with van der Waals surface area (Å²) in [6.07, 6.45) is 18.7. The van der Waals surface area contributed by atoms with Crippen molar-refractivity contribution in [2.75, 3.05) is 9.80 Å². The largest absolute Gasteiger partial charge is 0.310 e. The van der Waals surface area contributed by atoms with Crippen molar-refractivity contribution in [1.82, 2.24) is 0 Å². The second kappa shape index (κ2) is 46.3. The molecule has 0 aliphatic rings. The maximum absolute atomic E-state index is 2.61. The lowest BCUT2D eigenvalue weighted by Gasteiger charge is -2.34. The van der Waals surface area contributed by atoms with Crippen molar-refractivity contribution in [2.24, 2.45) is 0 Å². The van der Waals surface area contributed by atoms with Gasteiger partial charge in [0.25, 0.3) is 0 Å². The fourth-order valence-electron chi connectivity index (χ4n) is 19.2. The molecular formula is C131H136N2Si. The summed E-state index contributed by atoms with van der Waals surface area (Å²) in [7, 11) is -2.37. The van der Waals surface area contributed by atoms with E-state index in [0.717, 1.165) is 85.5 Å². The van der Waals surface area contributed by atoms with E-state index in [1.54, 1.807) is 0 Å². The third-order valence-electron chi connectivity index (χ3n) is 26.9. The molecule has 0 fully saturated rings. The number of nitrogens with zero attached hydrogens (tertiary/aromatic N) is 2. The summed E-state index contributed by atoms with van der Waals surface area (Å²) in [6, 6.07) is 149. The van der Waals surface area contributed by atoms with E-state index < -0.39 is 8.07 Å². The zero-order chi connectivity index (χ0) is 93.3. The summed E-state index contributed by atoms with van der Waals surface area (Å²) >= 11 is 0. The van der Waals surface area contributed by atoms with Crippen molar-refractivity contribution >= 4 is 62.9 Å². The number of rotatable bonds is 33. The van der Waals surface area contributed by atoms with E-state index in [1.165, 1.54) is 222 Å². The molecular weight excluding hydrogens is 1630 g/mol. The van der Waals surface area contributed by atoms with Crippen LogP contribution in [0.15, 0.2) is 394 Å².